The molecule has 0 aliphatic carbocycles. The van der Waals surface area contributed by atoms with Crippen molar-refractivity contribution in [3.8, 4) is 0 Å². The highest BCUT2D eigenvalue weighted by molar-refractivity contribution is 5.69. The lowest BCUT2D eigenvalue weighted by Crippen LogP contribution is -2.44. The van der Waals surface area contributed by atoms with Crippen molar-refractivity contribution in [2.75, 3.05) is 6.61 Å². The van der Waals surface area contributed by atoms with Crippen molar-refractivity contribution in [3.05, 3.63) is 33.1 Å². The van der Waals surface area contributed by atoms with Crippen LogP contribution in [0.25, 0.3) is 0 Å². The monoisotopic (exact) mass is 769 g/mol. The van der Waals surface area contributed by atoms with Gasteiger partial charge >= 0.3 is 17.6 Å². The molecule has 1 aromatic heterocycles. The molecule has 2 heterocycles. The Labute approximate surface area is 323 Å². The maximum atomic E-state index is 15.7. The van der Waals surface area contributed by atoms with Crippen LogP contribution >= 0.6 is 0 Å². The van der Waals surface area contributed by atoms with Gasteiger partial charge in [0.05, 0.1) is 0 Å². The predicted molar refractivity (Wildman–Crippen MR) is 209 cm³/mol. The predicted octanol–water partition coefficient (Wildman–Crippen LogP) is 8.93. The zero-order chi connectivity index (χ0) is 39.4. The Hall–Kier alpha value is -2.57. The number of aliphatic hydroxyl groups excluding tert-OH is 2. The number of hydrogen-bond acceptors (Lipinski definition) is 9. The van der Waals surface area contributed by atoms with E-state index in [0.717, 1.165) is 55.4 Å². The van der Waals surface area contributed by atoms with Crippen molar-refractivity contribution in [2.45, 2.75) is 225 Å². The number of hydrogen-bond donors (Lipinski definition) is 2. The van der Waals surface area contributed by atoms with E-state index in [-0.39, 0.29) is 12.8 Å². The molecule has 54 heavy (non-hydrogen) atoms. The number of esters is 2. The third kappa shape index (κ3) is 18.8. The molecule has 0 amide bonds. The van der Waals surface area contributed by atoms with Gasteiger partial charge in [-0.1, -0.05) is 168 Å². The zero-order valence-electron chi connectivity index (χ0n) is 33.6. The Bertz CT molecular complexity index is 1270. The molecule has 1 aliphatic rings. The van der Waals surface area contributed by atoms with Gasteiger partial charge in [-0.15, -0.1) is 0 Å². The third-order valence-electron chi connectivity index (χ3n) is 10.5. The van der Waals surface area contributed by atoms with Gasteiger partial charge in [0, 0.05) is 25.1 Å². The number of aliphatic hydroxyl groups is 2. The lowest BCUT2D eigenvalue weighted by molar-refractivity contribution is -0.217. The Balaban J connectivity index is 1.67. The molecule has 1 saturated heterocycles. The van der Waals surface area contributed by atoms with Gasteiger partial charge in [-0.05, 0) is 12.8 Å². The Morgan fingerprint density at radius 3 is 1.48 bits per heavy atom. The average molecular weight is 769 g/mol. The van der Waals surface area contributed by atoms with Gasteiger partial charge in [0.15, 0.2) is 19.6 Å². The molecule has 0 saturated carbocycles. The zero-order valence-corrected chi connectivity index (χ0v) is 33.6. The maximum Gasteiger partial charge on any atom is 0.335 e. The van der Waals surface area contributed by atoms with E-state index >= 15 is 4.39 Å². The molecule has 312 valence electrons. The second-order valence-corrected chi connectivity index (χ2v) is 15.3. The molecule has 0 radical (unpaired) electrons. The van der Waals surface area contributed by atoms with Crippen LogP contribution in [0, 0.1) is 0 Å². The summed E-state index contributed by atoms with van der Waals surface area (Å²) in [6.45, 7) is 2.80. The number of nitrogens with zero attached hydrogens (tertiary/aromatic N) is 2. The maximum absolute atomic E-state index is 15.7. The molecular weight excluding hydrogens is 695 g/mol. The summed E-state index contributed by atoms with van der Waals surface area (Å²) < 4.78 is 32.5. The van der Waals surface area contributed by atoms with E-state index in [4.69, 9.17) is 14.2 Å². The van der Waals surface area contributed by atoms with Crippen molar-refractivity contribution in [1.29, 1.82) is 0 Å². The van der Waals surface area contributed by atoms with Gasteiger partial charge in [0.1, 0.15) is 12.2 Å². The highest BCUT2D eigenvalue weighted by Gasteiger charge is 2.57. The Morgan fingerprint density at radius 2 is 1.06 bits per heavy atom. The summed E-state index contributed by atoms with van der Waals surface area (Å²) in [5, 5.41) is 21.1. The van der Waals surface area contributed by atoms with Gasteiger partial charge in [-0.2, -0.15) is 0 Å². The average Bonchev–Trinajstić information content (AvgIpc) is 3.38. The van der Waals surface area contributed by atoms with E-state index in [1.165, 1.54) is 116 Å². The first kappa shape index (κ1) is 47.6. The van der Waals surface area contributed by atoms with E-state index < -0.39 is 60.8 Å². The fourth-order valence-electron chi connectivity index (χ4n) is 6.97. The number of carbonyl (C=O) groups excluding carboxylic acids is 2. The minimum atomic E-state index is -2.99. The van der Waals surface area contributed by atoms with Gasteiger partial charge in [0.2, 0.25) is 0 Å². The third-order valence-corrected chi connectivity index (χ3v) is 10.5. The molecule has 2 N–H and O–H groups in total. The number of rotatable bonds is 33. The van der Waals surface area contributed by atoms with Gasteiger partial charge < -0.3 is 24.4 Å². The molecule has 12 heteroatoms. The summed E-state index contributed by atoms with van der Waals surface area (Å²) in [4.78, 5) is 50.3. The molecule has 0 aromatic carbocycles. The second kappa shape index (κ2) is 28.8. The van der Waals surface area contributed by atoms with Crippen molar-refractivity contribution in [2.24, 2.45) is 0 Å². The fraction of sp³-hybridized carbons (Fsp3) is 0.857. The minimum Gasteiger partial charge on any atom is -0.459 e. The summed E-state index contributed by atoms with van der Waals surface area (Å²) in [6, 6.07) is 0.984. The summed E-state index contributed by atoms with van der Waals surface area (Å²) >= 11 is 0. The number of carbonyl (C=O) groups is 2. The van der Waals surface area contributed by atoms with Crippen LogP contribution in [0.1, 0.15) is 200 Å². The van der Waals surface area contributed by atoms with Gasteiger partial charge in [0.25, 0.3) is 11.4 Å². The van der Waals surface area contributed by atoms with Crippen molar-refractivity contribution < 1.29 is 38.4 Å². The summed E-state index contributed by atoms with van der Waals surface area (Å²) in [7, 11) is 0. The molecule has 1 fully saturated rings. The Morgan fingerprint density at radius 1 is 0.667 bits per heavy atom. The van der Waals surface area contributed by atoms with E-state index in [1.807, 2.05) is 0 Å². The summed E-state index contributed by atoms with van der Waals surface area (Å²) in [5.41, 5.74) is -1.80. The van der Waals surface area contributed by atoms with Crippen LogP contribution in [0.2, 0.25) is 0 Å². The molecule has 0 spiro atoms. The second-order valence-electron chi connectivity index (χ2n) is 15.3. The van der Waals surface area contributed by atoms with Crippen molar-refractivity contribution in [1.82, 2.24) is 9.13 Å². The van der Waals surface area contributed by atoms with Crippen LogP contribution in [0.3, 0.4) is 0 Å². The molecule has 2 rings (SSSR count). The summed E-state index contributed by atoms with van der Waals surface area (Å²) in [5.74, 6) is -4.21. The number of aromatic nitrogens is 2. The lowest BCUT2D eigenvalue weighted by Gasteiger charge is -2.22. The highest BCUT2D eigenvalue weighted by Crippen LogP contribution is 2.38. The quantitative estimate of drug-likeness (QED) is 0.0529. The van der Waals surface area contributed by atoms with Crippen LogP contribution in [-0.2, 0) is 30.5 Å². The standard InChI is InChI=1S/C42H73FN2O9/c1-3-5-7-9-11-13-15-17-19-21-23-25-27-29-36(47)52-33-42(43)39(50)38(49)40(54-42)44-32-31-35(46)45(41(44)51)34-53-37(48)30-28-26-24-22-20-18-16-14-12-10-8-6-4-2/h31-32,38-40,49-50H,3-30,33-34H2,1-2H3/t38-,39+,40-,42-/m1/s1. The van der Waals surface area contributed by atoms with Crippen molar-refractivity contribution >= 4 is 11.9 Å². The van der Waals surface area contributed by atoms with E-state index in [1.54, 1.807) is 0 Å². The van der Waals surface area contributed by atoms with Gasteiger partial charge in [-0.3, -0.25) is 19.0 Å². The number of ether oxygens (including phenoxy) is 3. The van der Waals surface area contributed by atoms with Crippen LogP contribution in [0.4, 0.5) is 4.39 Å². The normalized spacial score (nSPS) is 19.7. The number of halogens is 1. The van der Waals surface area contributed by atoms with Crippen molar-refractivity contribution in [3.63, 3.8) is 0 Å². The molecule has 1 aromatic rings. The molecule has 11 nitrogen and oxygen atoms in total. The Kier molecular flexibility index (Phi) is 25.4. The van der Waals surface area contributed by atoms with E-state index in [2.05, 4.69) is 13.8 Å². The van der Waals surface area contributed by atoms with Crippen LogP contribution < -0.4 is 11.2 Å². The van der Waals surface area contributed by atoms with Crippen LogP contribution in [-0.4, -0.2) is 56.0 Å². The first-order valence-electron chi connectivity index (χ1n) is 21.5. The lowest BCUT2D eigenvalue weighted by atomic mass is 10.0. The summed E-state index contributed by atoms with van der Waals surface area (Å²) in [6.07, 6.45) is 25.8. The van der Waals surface area contributed by atoms with Gasteiger partial charge in [-0.25, -0.2) is 13.8 Å². The first-order valence-corrected chi connectivity index (χ1v) is 21.5. The largest absolute Gasteiger partial charge is 0.459 e. The topological polar surface area (TPSA) is 146 Å². The minimum absolute atomic E-state index is 0.0818. The van der Waals surface area contributed by atoms with E-state index in [9.17, 15) is 29.4 Å². The fourth-order valence-corrected chi connectivity index (χ4v) is 6.97. The molecule has 0 unspecified atom stereocenters. The smallest absolute Gasteiger partial charge is 0.335 e. The first-order chi connectivity index (χ1) is 26.1. The van der Waals surface area contributed by atoms with E-state index in [0.29, 0.717) is 17.4 Å². The van der Waals surface area contributed by atoms with Crippen LogP contribution in [0.5, 0.6) is 0 Å². The molecule has 1 aliphatic heterocycles. The van der Waals surface area contributed by atoms with Crippen LogP contribution in [0.15, 0.2) is 21.9 Å². The number of unbranched alkanes of at least 4 members (excludes halogenated alkanes) is 24. The molecule has 0 bridgehead atoms. The molecular formula is C42H73FN2O9. The SMILES string of the molecule is CCCCCCCCCCCCCCCC(=O)OCn1c(=O)ccn([C@@H]2O[C@](F)(COC(=O)CCCCCCCCCCCCCCC)[C@@H](O)[C@H]2O)c1=O. The highest BCUT2D eigenvalue weighted by atomic mass is 19.2. The molecule has 4 atom stereocenters. The number of alkyl halides is 1.